The number of fused-ring (bicyclic) bond motifs is 1. The summed E-state index contributed by atoms with van der Waals surface area (Å²) in [5.41, 5.74) is 10.9. The van der Waals surface area contributed by atoms with Crippen LogP contribution in [0.15, 0.2) is 55.1 Å². The maximum Gasteiger partial charge on any atom is 0.219 e. The SMILES string of the molecule is CCC(C)(C)n1c(-c2cc(Cl)ccc2-n2cnc(C)n2)nc2cc(-c3cnc(N)nc3)ccc21. The minimum atomic E-state index is -0.201. The molecule has 2 aromatic carbocycles. The van der Waals surface area contributed by atoms with Crippen molar-refractivity contribution >= 4 is 28.6 Å². The van der Waals surface area contributed by atoms with Gasteiger partial charge in [-0.25, -0.2) is 24.6 Å². The first kappa shape index (κ1) is 22.0. The molecule has 8 nitrogen and oxygen atoms in total. The normalized spacial score (nSPS) is 11.9. The van der Waals surface area contributed by atoms with Gasteiger partial charge in [0, 0.05) is 34.1 Å². The number of aromatic nitrogens is 7. The second-order valence-corrected chi connectivity index (χ2v) is 9.30. The van der Waals surface area contributed by atoms with Crippen LogP contribution in [0.25, 0.3) is 39.2 Å². The lowest BCUT2D eigenvalue weighted by atomic mass is 9.99. The Balaban J connectivity index is 1.78. The first-order chi connectivity index (χ1) is 16.3. The van der Waals surface area contributed by atoms with Crippen LogP contribution in [0.1, 0.15) is 33.0 Å². The maximum atomic E-state index is 6.47. The Labute approximate surface area is 202 Å². The number of hydrogen-bond acceptors (Lipinski definition) is 6. The molecule has 0 atom stereocenters. The van der Waals surface area contributed by atoms with Crippen molar-refractivity contribution in [3.05, 3.63) is 66.0 Å². The average molecular weight is 473 g/mol. The molecule has 9 heteroatoms. The van der Waals surface area contributed by atoms with Gasteiger partial charge in [0.25, 0.3) is 0 Å². The van der Waals surface area contributed by atoms with Crippen LogP contribution in [0.2, 0.25) is 5.02 Å². The average Bonchev–Trinajstić information content (AvgIpc) is 3.43. The number of aryl methyl sites for hydroxylation is 1. The van der Waals surface area contributed by atoms with E-state index in [0.29, 0.717) is 10.8 Å². The van der Waals surface area contributed by atoms with Gasteiger partial charge in [0.15, 0.2) is 0 Å². The van der Waals surface area contributed by atoms with E-state index in [2.05, 4.69) is 63.6 Å². The Morgan fingerprint density at radius 3 is 2.44 bits per heavy atom. The number of nitrogen functional groups attached to an aromatic ring is 1. The zero-order valence-corrected chi connectivity index (χ0v) is 20.2. The third kappa shape index (κ3) is 3.80. The van der Waals surface area contributed by atoms with E-state index >= 15 is 0 Å². The lowest BCUT2D eigenvalue weighted by Gasteiger charge is -2.28. The predicted molar refractivity (Wildman–Crippen MR) is 135 cm³/mol. The number of nitrogens with zero attached hydrogens (tertiary/aromatic N) is 7. The number of halogens is 1. The quantitative estimate of drug-likeness (QED) is 0.366. The summed E-state index contributed by atoms with van der Waals surface area (Å²) in [6, 6.07) is 12.0. The Kier molecular flexibility index (Phi) is 5.32. The first-order valence-corrected chi connectivity index (χ1v) is 11.4. The Bertz CT molecular complexity index is 1500. The highest BCUT2D eigenvalue weighted by molar-refractivity contribution is 6.31. The summed E-state index contributed by atoms with van der Waals surface area (Å²) >= 11 is 6.47. The zero-order valence-electron chi connectivity index (χ0n) is 19.5. The molecule has 5 aromatic rings. The lowest BCUT2D eigenvalue weighted by molar-refractivity contribution is 0.356. The van der Waals surface area contributed by atoms with Crippen molar-refractivity contribution in [1.82, 2.24) is 34.3 Å². The fraction of sp³-hybridized carbons (Fsp3) is 0.240. The van der Waals surface area contributed by atoms with E-state index in [4.69, 9.17) is 22.3 Å². The maximum absolute atomic E-state index is 6.47. The third-order valence-corrected chi connectivity index (χ3v) is 6.42. The molecule has 0 bridgehead atoms. The fourth-order valence-corrected chi connectivity index (χ4v) is 4.22. The van der Waals surface area contributed by atoms with Crippen LogP contribution in [-0.2, 0) is 5.54 Å². The third-order valence-electron chi connectivity index (χ3n) is 6.18. The molecule has 0 aliphatic rings. The van der Waals surface area contributed by atoms with Crippen molar-refractivity contribution in [3.63, 3.8) is 0 Å². The molecule has 0 unspecified atom stereocenters. The highest BCUT2D eigenvalue weighted by Crippen LogP contribution is 2.37. The number of anilines is 1. The van der Waals surface area contributed by atoms with Gasteiger partial charge in [-0.05, 0) is 63.1 Å². The monoisotopic (exact) mass is 472 g/mol. The van der Waals surface area contributed by atoms with Crippen LogP contribution >= 0.6 is 11.6 Å². The Hall–Kier alpha value is -3.78. The van der Waals surface area contributed by atoms with Gasteiger partial charge in [0.1, 0.15) is 18.0 Å². The molecule has 3 heterocycles. The van der Waals surface area contributed by atoms with Gasteiger partial charge < -0.3 is 10.3 Å². The number of nitrogens with two attached hydrogens (primary N) is 1. The van der Waals surface area contributed by atoms with Crippen molar-refractivity contribution in [2.75, 3.05) is 5.73 Å². The first-order valence-electron chi connectivity index (χ1n) is 11.1. The second-order valence-electron chi connectivity index (χ2n) is 8.87. The molecule has 0 saturated heterocycles. The minimum absolute atomic E-state index is 0.201. The molecule has 172 valence electrons. The zero-order chi connectivity index (χ0) is 24.0. The fourth-order valence-electron chi connectivity index (χ4n) is 4.05. The summed E-state index contributed by atoms with van der Waals surface area (Å²) < 4.78 is 4.05. The van der Waals surface area contributed by atoms with Crippen molar-refractivity contribution in [2.24, 2.45) is 0 Å². The molecular weight excluding hydrogens is 448 g/mol. The van der Waals surface area contributed by atoms with Crippen LogP contribution in [0.4, 0.5) is 5.95 Å². The molecule has 2 N–H and O–H groups in total. The van der Waals surface area contributed by atoms with Gasteiger partial charge in [0.05, 0.1) is 16.7 Å². The van der Waals surface area contributed by atoms with E-state index in [1.54, 1.807) is 23.4 Å². The molecular formula is C25H25ClN8. The summed E-state index contributed by atoms with van der Waals surface area (Å²) in [6.45, 7) is 8.46. The summed E-state index contributed by atoms with van der Waals surface area (Å²) in [7, 11) is 0. The number of rotatable bonds is 5. The minimum Gasteiger partial charge on any atom is -0.368 e. The molecule has 0 radical (unpaired) electrons. The molecule has 0 saturated carbocycles. The van der Waals surface area contributed by atoms with E-state index in [0.717, 1.165) is 45.7 Å². The van der Waals surface area contributed by atoms with Crippen molar-refractivity contribution in [1.29, 1.82) is 0 Å². The van der Waals surface area contributed by atoms with Crippen molar-refractivity contribution < 1.29 is 0 Å². The van der Waals surface area contributed by atoms with E-state index < -0.39 is 0 Å². The smallest absolute Gasteiger partial charge is 0.219 e. The van der Waals surface area contributed by atoms with Gasteiger partial charge >= 0.3 is 0 Å². The van der Waals surface area contributed by atoms with Gasteiger partial charge in [-0.2, -0.15) is 5.10 Å². The molecule has 0 fully saturated rings. The molecule has 0 aliphatic heterocycles. The van der Waals surface area contributed by atoms with Crippen LogP contribution in [-0.4, -0.2) is 34.3 Å². The molecule has 5 rings (SSSR count). The Morgan fingerprint density at radius 1 is 1.00 bits per heavy atom. The lowest BCUT2D eigenvalue weighted by Crippen LogP contribution is -2.26. The topological polar surface area (TPSA) is 100 Å². The molecule has 3 aromatic heterocycles. The van der Waals surface area contributed by atoms with Gasteiger partial charge in [-0.15, -0.1) is 0 Å². The highest BCUT2D eigenvalue weighted by Gasteiger charge is 2.27. The van der Waals surface area contributed by atoms with Gasteiger partial charge in [-0.1, -0.05) is 24.6 Å². The van der Waals surface area contributed by atoms with Crippen LogP contribution in [0, 0.1) is 6.92 Å². The highest BCUT2D eigenvalue weighted by atomic mass is 35.5. The summed E-state index contributed by atoms with van der Waals surface area (Å²) in [6.07, 6.45) is 6.07. The molecule has 34 heavy (non-hydrogen) atoms. The number of imidazole rings is 1. The van der Waals surface area contributed by atoms with Crippen LogP contribution in [0.3, 0.4) is 0 Å². The molecule has 0 spiro atoms. The molecule has 0 aliphatic carbocycles. The van der Waals surface area contributed by atoms with E-state index in [-0.39, 0.29) is 11.5 Å². The number of benzene rings is 2. The molecule has 0 amide bonds. The van der Waals surface area contributed by atoms with E-state index in [9.17, 15) is 0 Å². The number of hydrogen-bond donors (Lipinski definition) is 1. The predicted octanol–water partition coefficient (Wildman–Crippen LogP) is 5.43. The summed E-state index contributed by atoms with van der Waals surface area (Å²) in [5, 5.41) is 5.15. The van der Waals surface area contributed by atoms with Gasteiger partial charge in [0.2, 0.25) is 5.95 Å². The van der Waals surface area contributed by atoms with Crippen LogP contribution in [0.5, 0.6) is 0 Å². The van der Waals surface area contributed by atoms with Crippen molar-refractivity contribution in [2.45, 2.75) is 39.7 Å². The summed E-state index contributed by atoms with van der Waals surface area (Å²) in [5.74, 6) is 1.76. The van der Waals surface area contributed by atoms with E-state index in [1.807, 2.05) is 25.1 Å². The van der Waals surface area contributed by atoms with Gasteiger partial charge in [-0.3, -0.25) is 0 Å². The van der Waals surface area contributed by atoms with Crippen molar-refractivity contribution in [3.8, 4) is 28.2 Å². The second kappa shape index (κ2) is 8.22. The summed E-state index contributed by atoms with van der Waals surface area (Å²) in [4.78, 5) is 17.7. The largest absolute Gasteiger partial charge is 0.368 e. The van der Waals surface area contributed by atoms with E-state index in [1.165, 1.54) is 0 Å². The van der Waals surface area contributed by atoms with Crippen LogP contribution < -0.4 is 5.73 Å². The Morgan fingerprint density at radius 2 is 1.76 bits per heavy atom. The standard InChI is InChI=1S/C25H25ClN8/c1-5-25(3,4)34-22-8-6-16(17-12-28-24(27)29-13-17)10-20(22)31-23(34)19-11-18(26)7-9-21(19)33-14-30-15(2)32-33/h6-14H,5H2,1-4H3,(H2,27,28,29).